The number of likely N-dealkylation sites (tertiary alicyclic amines) is 2. The lowest BCUT2D eigenvalue weighted by Crippen LogP contribution is -2.51. The van der Waals surface area contributed by atoms with Crippen LogP contribution < -0.4 is 0 Å². The number of fused-ring (bicyclic) bond motifs is 1. The normalized spacial score (nSPS) is 19.1. The van der Waals surface area contributed by atoms with E-state index >= 15 is 0 Å². The Morgan fingerprint density at radius 1 is 0.698 bits per heavy atom. The molecule has 4 aromatic carbocycles. The predicted octanol–water partition coefficient (Wildman–Crippen LogP) is 8.41. The number of H-pyrrole nitrogens is 2. The molecule has 0 aliphatic carbocycles. The van der Waals surface area contributed by atoms with E-state index in [-0.39, 0.29) is 35.9 Å². The molecular weight excluding hydrogens is 793 g/mol. The summed E-state index contributed by atoms with van der Waals surface area (Å²) in [6, 6.07) is 30.3. The van der Waals surface area contributed by atoms with Crippen LogP contribution in [0.25, 0.3) is 44.4 Å². The fraction of sp³-hybridized carbons (Fsp3) is 0.380. The van der Waals surface area contributed by atoms with Gasteiger partial charge in [0.05, 0.1) is 56.2 Å². The van der Waals surface area contributed by atoms with Crippen LogP contribution in [0.15, 0.2) is 103 Å². The molecule has 326 valence electrons. The number of likely N-dealkylation sites (N-methyl/N-ethyl adjacent to an activating group) is 1. The summed E-state index contributed by atoms with van der Waals surface area (Å²) in [5.41, 5.74) is 7.10. The SMILES string of the molecule is COC(=O)N(C)C(C(=O)N1CCC[C@H]1c1ncc(-c2ccc3cc(-c4ccc(-c5cnc([C@@H]6CCCN6C(=O)C(c6ccccc6)N6CCOCC6)[nH]5)cc4)ccc3c2)[nH]1)C(C)C. The summed E-state index contributed by atoms with van der Waals surface area (Å²) in [6.45, 7) is 7.92. The van der Waals surface area contributed by atoms with E-state index in [1.165, 1.54) is 12.0 Å². The van der Waals surface area contributed by atoms with Crippen LogP contribution in [0, 0.1) is 5.92 Å². The van der Waals surface area contributed by atoms with E-state index in [4.69, 9.17) is 19.4 Å². The van der Waals surface area contributed by atoms with Crippen molar-refractivity contribution >= 4 is 28.7 Å². The van der Waals surface area contributed by atoms with Crippen LogP contribution in [0.1, 0.15) is 74.9 Å². The van der Waals surface area contributed by atoms with Crippen molar-refractivity contribution in [3.05, 3.63) is 121 Å². The Hall–Kier alpha value is -6.31. The molecule has 4 atom stereocenters. The highest BCUT2D eigenvalue weighted by molar-refractivity contribution is 5.91. The zero-order chi connectivity index (χ0) is 43.6. The summed E-state index contributed by atoms with van der Waals surface area (Å²) in [6.07, 6.45) is 6.66. The highest BCUT2D eigenvalue weighted by Crippen LogP contribution is 2.37. The number of imidazole rings is 2. The lowest BCUT2D eigenvalue weighted by molar-refractivity contribution is -0.140. The number of carbonyl (C=O) groups excluding carboxylic acids is 3. The highest BCUT2D eigenvalue weighted by Gasteiger charge is 2.41. The molecule has 3 amide bonds. The summed E-state index contributed by atoms with van der Waals surface area (Å²) in [5, 5.41) is 2.23. The number of amides is 3. The van der Waals surface area contributed by atoms with Crippen LogP contribution in [-0.2, 0) is 19.1 Å². The van der Waals surface area contributed by atoms with Gasteiger partial charge in [0.1, 0.15) is 23.7 Å². The molecule has 3 saturated heterocycles. The van der Waals surface area contributed by atoms with Crippen LogP contribution in [0.4, 0.5) is 4.79 Å². The summed E-state index contributed by atoms with van der Waals surface area (Å²) in [5.74, 6) is 1.51. The third kappa shape index (κ3) is 8.47. The molecule has 9 rings (SSSR count). The first-order chi connectivity index (χ1) is 30.7. The monoisotopic (exact) mass is 848 g/mol. The van der Waals surface area contributed by atoms with Crippen molar-refractivity contribution in [1.29, 1.82) is 0 Å². The number of nitrogens with one attached hydrogen (secondary N) is 2. The third-order valence-corrected chi connectivity index (χ3v) is 13.1. The van der Waals surface area contributed by atoms with Crippen molar-refractivity contribution in [3.8, 4) is 33.6 Å². The quantitative estimate of drug-likeness (QED) is 0.133. The largest absolute Gasteiger partial charge is 0.453 e. The van der Waals surface area contributed by atoms with Gasteiger partial charge in [-0.25, -0.2) is 14.8 Å². The lowest BCUT2D eigenvalue weighted by atomic mass is 9.98. The molecule has 13 nitrogen and oxygen atoms in total. The number of hydrogen-bond acceptors (Lipinski definition) is 8. The number of aromatic amines is 2. The number of aromatic nitrogens is 4. The molecule has 0 saturated carbocycles. The Kier molecular flexibility index (Phi) is 12.1. The fourth-order valence-corrected chi connectivity index (χ4v) is 9.83. The molecule has 5 heterocycles. The molecular formula is C50H56N8O5. The zero-order valence-electron chi connectivity index (χ0n) is 36.5. The van der Waals surface area contributed by atoms with Crippen molar-refractivity contribution < 1.29 is 23.9 Å². The second-order valence-electron chi connectivity index (χ2n) is 17.3. The van der Waals surface area contributed by atoms with Gasteiger partial charge in [-0.05, 0) is 76.8 Å². The third-order valence-electron chi connectivity index (χ3n) is 13.1. The number of rotatable bonds is 11. The minimum atomic E-state index is -0.631. The molecule has 3 aliphatic heterocycles. The van der Waals surface area contributed by atoms with E-state index in [9.17, 15) is 14.4 Å². The first kappa shape index (κ1) is 42.0. The van der Waals surface area contributed by atoms with Crippen molar-refractivity contribution in [2.75, 3.05) is 53.6 Å². The van der Waals surface area contributed by atoms with Crippen molar-refractivity contribution in [3.63, 3.8) is 0 Å². The number of nitrogens with zero attached hydrogens (tertiary/aromatic N) is 6. The lowest BCUT2D eigenvalue weighted by Gasteiger charge is -2.37. The van der Waals surface area contributed by atoms with Gasteiger partial charge in [-0.2, -0.15) is 0 Å². The molecule has 63 heavy (non-hydrogen) atoms. The Balaban J connectivity index is 0.874. The molecule has 13 heteroatoms. The average molecular weight is 849 g/mol. The first-order valence-corrected chi connectivity index (χ1v) is 22.2. The van der Waals surface area contributed by atoms with Crippen LogP contribution >= 0.6 is 0 Å². The maximum absolute atomic E-state index is 14.4. The van der Waals surface area contributed by atoms with Crippen molar-refractivity contribution in [2.24, 2.45) is 5.92 Å². The van der Waals surface area contributed by atoms with Gasteiger partial charge >= 0.3 is 6.09 Å². The molecule has 0 bridgehead atoms. The molecule has 2 aromatic heterocycles. The summed E-state index contributed by atoms with van der Waals surface area (Å²) < 4.78 is 10.6. The fourth-order valence-electron chi connectivity index (χ4n) is 9.83. The molecule has 2 unspecified atom stereocenters. The van der Waals surface area contributed by atoms with E-state index < -0.39 is 12.1 Å². The second-order valence-corrected chi connectivity index (χ2v) is 17.3. The van der Waals surface area contributed by atoms with E-state index in [1.807, 2.05) is 54.2 Å². The van der Waals surface area contributed by atoms with Crippen LogP contribution in [0.3, 0.4) is 0 Å². The smallest absolute Gasteiger partial charge is 0.409 e. The van der Waals surface area contributed by atoms with Crippen molar-refractivity contribution in [1.82, 2.24) is 39.5 Å². The summed E-state index contributed by atoms with van der Waals surface area (Å²) in [7, 11) is 2.95. The van der Waals surface area contributed by atoms with Gasteiger partial charge in [-0.1, -0.05) is 92.7 Å². The molecule has 3 aliphatic rings. The number of carbonyl (C=O) groups is 3. The minimum Gasteiger partial charge on any atom is -0.453 e. The minimum absolute atomic E-state index is 0.0856. The van der Waals surface area contributed by atoms with Gasteiger partial charge < -0.3 is 29.2 Å². The Labute approximate surface area is 368 Å². The van der Waals surface area contributed by atoms with Crippen LogP contribution in [0.5, 0.6) is 0 Å². The van der Waals surface area contributed by atoms with Gasteiger partial charge in [-0.15, -0.1) is 0 Å². The number of methoxy groups -OCH3 is 1. The van der Waals surface area contributed by atoms with E-state index in [0.29, 0.717) is 26.3 Å². The van der Waals surface area contributed by atoms with Gasteiger partial charge in [0.25, 0.3) is 0 Å². The highest BCUT2D eigenvalue weighted by atomic mass is 16.5. The van der Waals surface area contributed by atoms with E-state index in [2.05, 4.69) is 87.7 Å². The molecule has 6 aromatic rings. The van der Waals surface area contributed by atoms with Crippen LogP contribution in [0.2, 0.25) is 0 Å². The maximum atomic E-state index is 14.4. The average Bonchev–Trinajstić information content (AvgIpc) is 4.17. The maximum Gasteiger partial charge on any atom is 0.409 e. The summed E-state index contributed by atoms with van der Waals surface area (Å²) >= 11 is 0. The standard InChI is InChI=1S/C50H56N8O5/c1-32(2)44(55(3)50(61)62-4)48(59)57-22-8-12-42(57)47-52-31-41(54-47)39-21-20-37-28-36(18-19-38(37)29-39)33-14-16-34(17-15-33)40-30-51-46(53-40)43-13-9-23-58(43)49(60)45(35-10-6-5-7-11-35)56-24-26-63-27-25-56/h5-7,10-11,14-21,28-32,42-45H,8-9,12-13,22-27H2,1-4H3,(H,51,53)(H,52,54)/t42-,43-,44?,45?/m0/s1. The Bertz CT molecular complexity index is 2560. The number of ether oxygens (including phenoxy) is 2. The first-order valence-electron chi connectivity index (χ1n) is 22.2. The van der Waals surface area contributed by atoms with E-state index in [0.717, 1.165) is 100 Å². The zero-order valence-corrected chi connectivity index (χ0v) is 36.5. The van der Waals surface area contributed by atoms with E-state index in [1.54, 1.807) is 7.05 Å². The second kappa shape index (κ2) is 18.2. The van der Waals surface area contributed by atoms with Gasteiger partial charge in [0.15, 0.2) is 0 Å². The summed E-state index contributed by atoms with van der Waals surface area (Å²) in [4.78, 5) is 64.8. The van der Waals surface area contributed by atoms with Gasteiger partial charge in [-0.3, -0.25) is 19.4 Å². The molecule has 0 spiro atoms. The topological polar surface area (TPSA) is 140 Å². The number of morpholine rings is 1. The Morgan fingerprint density at radius 2 is 1.24 bits per heavy atom. The van der Waals surface area contributed by atoms with Gasteiger partial charge in [0, 0.05) is 38.8 Å². The number of hydrogen-bond donors (Lipinski definition) is 2. The molecule has 0 radical (unpaired) electrons. The predicted molar refractivity (Wildman–Crippen MR) is 242 cm³/mol. The van der Waals surface area contributed by atoms with Gasteiger partial charge in [0.2, 0.25) is 11.8 Å². The Morgan fingerprint density at radius 3 is 1.84 bits per heavy atom. The molecule has 2 N–H and O–H groups in total. The molecule has 3 fully saturated rings. The van der Waals surface area contributed by atoms with Crippen molar-refractivity contribution in [2.45, 2.75) is 63.7 Å². The number of benzene rings is 4. The van der Waals surface area contributed by atoms with Crippen LogP contribution in [-0.4, -0.2) is 117 Å².